The second kappa shape index (κ2) is 12.6. The van der Waals surface area contributed by atoms with Crippen molar-refractivity contribution in [2.75, 3.05) is 13.7 Å². The molecular formula is C32H29ClN2O8S. The highest BCUT2D eigenvalue weighted by Gasteiger charge is 2.34. The van der Waals surface area contributed by atoms with Crippen LogP contribution in [0.3, 0.4) is 0 Å². The summed E-state index contributed by atoms with van der Waals surface area (Å²) in [5, 5.41) is 9.33. The van der Waals surface area contributed by atoms with Crippen LogP contribution in [0.2, 0.25) is 5.02 Å². The van der Waals surface area contributed by atoms with Crippen molar-refractivity contribution >= 4 is 41.0 Å². The van der Waals surface area contributed by atoms with Crippen LogP contribution in [0.4, 0.5) is 0 Å². The fraction of sp³-hybridized carbons (Fsp3) is 0.250. The van der Waals surface area contributed by atoms with Crippen LogP contribution >= 0.6 is 22.9 Å². The average Bonchev–Trinajstić information content (AvgIpc) is 3.56. The average molecular weight is 637 g/mol. The summed E-state index contributed by atoms with van der Waals surface area (Å²) >= 11 is 7.29. The number of carboxylic acid groups (broad SMARTS) is 1. The summed E-state index contributed by atoms with van der Waals surface area (Å²) in [7, 11) is 1.52. The number of allylic oxidation sites excluding steroid dienone is 1. The van der Waals surface area contributed by atoms with E-state index in [-0.39, 0.29) is 34.4 Å². The number of hydrogen-bond acceptors (Lipinski definition) is 9. The summed E-state index contributed by atoms with van der Waals surface area (Å²) in [4.78, 5) is 43.5. The molecule has 0 aliphatic carbocycles. The van der Waals surface area contributed by atoms with Crippen molar-refractivity contribution in [1.29, 1.82) is 0 Å². The maximum absolute atomic E-state index is 14.0. The second-order valence-electron chi connectivity index (χ2n) is 10.1. The summed E-state index contributed by atoms with van der Waals surface area (Å²) in [6, 6.07) is 12.4. The van der Waals surface area contributed by atoms with Gasteiger partial charge in [-0.3, -0.25) is 9.36 Å². The smallest absolute Gasteiger partial charge is 0.338 e. The highest BCUT2D eigenvalue weighted by molar-refractivity contribution is 7.07. The predicted molar refractivity (Wildman–Crippen MR) is 165 cm³/mol. The van der Waals surface area contributed by atoms with Gasteiger partial charge in [0.25, 0.3) is 5.56 Å². The van der Waals surface area contributed by atoms with E-state index in [1.807, 2.05) is 13.8 Å². The van der Waals surface area contributed by atoms with E-state index >= 15 is 0 Å². The van der Waals surface area contributed by atoms with Crippen LogP contribution < -0.4 is 24.4 Å². The number of aromatic nitrogens is 1. The van der Waals surface area contributed by atoms with Crippen LogP contribution in [-0.2, 0) is 9.53 Å². The summed E-state index contributed by atoms with van der Waals surface area (Å²) < 4.78 is 24.6. The Bertz CT molecular complexity index is 1990. The number of thiazole rings is 1. The number of esters is 1. The number of carbonyl (C=O) groups is 2. The van der Waals surface area contributed by atoms with E-state index in [0.29, 0.717) is 49.2 Å². The fourth-order valence-corrected chi connectivity index (χ4v) is 6.16. The molecule has 1 aliphatic rings. The molecule has 1 aliphatic heterocycles. The lowest BCUT2D eigenvalue weighted by atomic mass is 9.95. The molecule has 4 aromatic rings. The third-order valence-corrected chi connectivity index (χ3v) is 8.06. The molecule has 0 amide bonds. The van der Waals surface area contributed by atoms with Gasteiger partial charge in [-0.15, -0.1) is 0 Å². The molecule has 0 saturated heterocycles. The quantitative estimate of drug-likeness (QED) is 0.248. The number of carbonyl (C=O) groups excluding carboxylic acids is 1. The molecule has 0 spiro atoms. The van der Waals surface area contributed by atoms with Crippen LogP contribution in [0, 0.1) is 0 Å². The minimum atomic E-state index is -1.13. The lowest BCUT2D eigenvalue weighted by Crippen LogP contribution is -2.40. The van der Waals surface area contributed by atoms with Crippen molar-refractivity contribution < 1.29 is 33.3 Å². The van der Waals surface area contributed by atoms with E-state index in [1.54, 1.807) is 56.3 Å². The Hall–Kier alpha value is -4.61. The van der Waals surface area contributed by atoms with Gasteiger partial charge in [0, 0.05) is 11.6 Å². The second-order valence-corrected chi connectivity index (χ2v) is 11.5. The Kier molecular flexibility index (Phi) is 8.80. The summed E-state index contributed by atoms with van der Waals surface area (Å²) in [6.45, 7) is 7.39. The molecule has 2 aromatic carbocycles. The topological polar surface area (TPSA) is 130 Å². The maximum atomic E-state index is 14.0. The van der Waals surface area contributed by atoms with Crippen molar-refractivity contribution in [3.8, 4) is 22.8 Å². The zero-order valence-electron chi connectivity index (χ0n) is 24.5. The molecule has 5 rings (SSSR count). The molecule has 1 atom stereocenters. The van der Waals surface area contributed by atoms with Gasteiger partial charge in [0.15, 0.2) is 16.3 Å². The molecule has 44 heavy (non-hydrogen) atoms. The van der Waals surface area contributed by atoms with E-state index in [4.69, 9.17) is 30.2 Å². The summed E-state index contributed by atoms with van der Waals surface area (Å²) in [6.07, 6.45) is 1.51. The number of ether oxygens (including phenoxy) is 3. The van der Waals surface area contributed by atoms with Crippen LogP contribution in [-0.4, -0.2) is 41.4 Å². The van der Waals surface area contributed by atoms with Crippen molar-refractivity contribution in [3.05, 3.63) is 101 Å². The lowest BCUT2D eigenvalue weighted by molar-refractivity contribution is -0.139. The number of aromatic carboxylic acids is 1. The van der Waals surface area contributed by atoms with Gasteiger partial charge in [-0.25, -0.2) is 14.6 Å². The first kappa shape index (κ1) is 30.8. The maximum Gasteiger partial charge on any atom is 0.338 e. The van der Waals surface area contributed by atoms with Gasteiger partial charge in [-0.05, 0) is 69.7 Å². The lowest BCUT2D eigenvalue weighted by Gasteiger charge is -2.25. The number of benzene rings is 2. The highest BCUT2D eigenvalue weighted by atomic mass is 35.5. The number of nitrogens with zero attached hydrogens (tertiary/aromatic N) is 2. The molecule has 1 N–H and O–H groups in total. The number of halogens is 1. The summed E-state index contributed by atoms with van der Waals surface area (Å²) in [5.41, 5.74) is 1.48. The predicted octanol–water partition coefficient (Wildman–Crippen LogP) is 5.21. The standard InChI is InChI=1S/C32H29ClN2O8S/c1-6-41-31(39)27-17(4)34-32-35(28(27)19-8-11-24(42-16(2)3)25(14-19)40-5)29(36)26(44-32)15-20-9-12-23(43-20)18-7-10-21(30(37)38)22(33)13-18/h7-16,28H,6H2,1-5H3,(H,37,38)/b26-15-/t28-/m0/s1. The van der Waals surface area contributed by atoms with E-state index in [1.165, 1.54) is 23.8 Å². The number of furan rings is 1. The molecular weight excluding hydrogens is 608 g/mol. The minimum absolute atomic E-state index is 0.0185. The van der Waals surface area contributed by atoms with Gasteiger partial charge in [-0.2, -0.15) is 0 Å². The van der Waals surface area contributed by atoms with Gasteiger partial charge in [0.05, 0.1) is 52.3 Å². The Labute approximate surface area is 261 Å². The van der Waals surface area contributed by atoms with Crippen LogP contribution in [0.15, 0.2) is 74.0 Å². The zero-order valence-corrected chi connectivity index (χ0v) is 26.1. The third kappa shape index (κ3) is 5.93. The number of rotatable bonds is 9. The fourth-order valence-electron chi connectivity index (χ4n) is 4.87. The van der Waals surface area contributed by atoms with Crippen molar-refractivity contribution in [2.45, 2.75) is 39.8 Å². The van der Waals surface area contributed by atoms with E-state index < -0.39 is 18.0 Å². The first-order valence-electron chi connectivity index (χ1n) is 13.7. The Morgan fingerprint density at radius 3 is 2.59 bits per heavy atom. The molecule has 0 fully saturated rings. The van der Waals surface area contributed by atoms with Gasteiger partial charge >= 0.3 is 11.9 Å². The largest absolute Gasteiger partial charge is 0.493 e. The van der Waals surface area contributed by atoms with Crippen LogP contribution in [0.1, 0.15) is 55.4 Å². The molecule has 0 radical (unpaired) electrons. The van der Waals surface area contributed by atoms with Crippen LogP contribution in [0.25, 0.3) is 17.4 Å². The van der Waals surface area contributed by atoms with E-state index in [0.717, 1.165) is 11.3 Å². The first-order valence-corrected chi connectivity index (χ1v) is 14.9. The Morgan fingerprint density at radius 2 is 1.93 bits per heavy atom. The molecule has 2 aromatic heterocycles. The van der Waals surface area contributed by atoms with E-state index in [9.17, 15) is 19.5 Å². The molecule has 0 unspecified atom stereocenters. The highest BCUT2D eigenvalue weighted by Crippen LogP contribution is 2.36. The molecule has 0 saturated carbocycles. The molecule has 228 valence electrons. The SMILES string of the molecule is CCOC(=O)C1=C(C)N=c2s/c(=C\c3ccc(-c4ccc(C(=O)O)c(Cl)c4)o3)c(=O)n2[C@H]1c1ccc(OC(C)C)c(OC)c1. The molecule has 12 heteroatoms. The molecule has 10 nitrogen and oxygen atoms in total. The Morgan fingerprint density at radius 1 is 1.16 bits per heavy atom. The number of hydrogen-bond donors (Lipinski definition) is 1. The van der Waals surface area contributed by atoms with Gasteiger partial charge in [0.2, 0.25) is 0 Å². The first-order chi connectivity index (χ1) is 21.0. The van der Waals surface area contributed by atoms with Gasteiger partial charge in [0.1, 0.15) is 11.5 Å². The third-order valence-electron chi connectivity index (χ3n) is 6.77. The van der Waals surface area contributed by atoms with Crippen LogP contribution in [0.5, 0.6) is 11.5 Å². The normalized spacial score (nSPS) is 14.8. The molecule has 3 heterocycles. The van der Waals surface area contributed by atoms with E-state index in [2.05, 4.69) is 4.99 Å². The van der Waals surface area contributed by atoms with Gasteiger partial charge in [-0.1, -0.05) is 35.1 Å². The van der Waals surface area contributed by atoms with Crippen molar-refractivity contribution in [3.63, 3.8) is 0 Å². The Balaban J connectivity index is 1.61. The molecule has 0 bridgehead atoms. The number of methoxy groups -OCH3 is 1. The van der Waals surface area contributed by atoms with Gasteiger partial charge < -0.3 is 23.7 Å². The zero-order chi connectivity index (χ0) is 31.7. The van der Waals surface area contributed by atoms with Crippen molar-refractivity contribution in [1.82, 2.24) is 4.57 Å². The number of fused-ring (bicyclic) bond motifs is 1. The minimum Gasteiger partial charge on any atom is -0.493 e. The monoisotopic (exact) mass is 636 g/mol. The summed E-state index contributed by atoms with van der Waals surface area (Å²) in [5.74, 6) is 0.114. The number of carboxylic acids is 1. The van der Waals surface area contributed by atoms with Crippen molar-refractivity contribution in [2.24, 2.45) is 4.99 Å².